The predicted octanol–water partition coefficient (Wildman–Crippen LogP) is 4.33. The number of ether oxygens (including phenoxy) is 1. The van der Waals surface area contributed by atoms with Crippen LogP contribution in [-0.2, 0) is 14.6 Å². The van der Waals surface area contributed by atoms with E-state index >= 15 is 0 Å². The predicted molar refractivity (Wildman–Crippen MR) is 122 cm³/mol. The number of thioether (sulfide) groups is 1. The number of hydrogen-bond donors (Lipinski definition) is 0. The highest BCUT2D eigenvalue weighted by atomic mass is 35.5. The molecular formula is C19H15Cl3N2O4S2. The molecule has 11 heteroatoms. The summed E-state index contributed by atoms with van der Waals surface area (Å²) in [6.45, 7) is -0.267. The van der Waals surface area contributed by atoms with E-state index in [4.69, 9.17) is 39.5 Å². The van der Waals surface area contributed by atoms with Crippen LogP contribution in [0.4, 0.5) is 5.69 Å². The van der Waals surface area contributed by atoms with Crippen LogP contribution in [0, 0.1) is 0 Å². The third-order valence-corrected chi connectivity index (χ3v) is 8.65. The lowest BCUT2D eigenvalue weighted by atomic mass is 10.2. The van der Waals surface area contributed by atoms with Gasteiger partial charge in [0.1, 0.15) is 5.75 Å². The summed E-state index contributed by atoms with van der Waals surface area (Å²) in [5.74, 6) is -0.0313. The molecule has 2 atom stereocenters. The highest BCUT2D eigenvalue weighted by Crippen LogP contribution is 2.43. The van der Waals surface area contributed by atoms with Gasteiger partial charge in [-0.05, 0) is 42.5 Å². The molecular weight excluding hydrogens is 491 g/mol. The topological polar surface area (TPSA) is 76.0 Å². The molecule has 1 amide bonds. The van der Waals surface area contributed by atoms with Crippen molar-refractivity contribution >= 4 is 73.2 Å². The number of fused-ring (bicyclic) bond motifs is 1. The summed E-state index contributed by atoms with van der Waals surface area (Å²) < 4.78 is 29.8. The summed E-state index contributed by atoms with van der Waals surface area (Å²) in [6, 6.07) is 11.2. The number of amides is 1. The van der Waals surface area contributed by atoms with Crippen LogP contribution in [0.2, 0.25) is 15.1 Å². The molecule has 2 fully saturated rings. The summed E-state index contributed by atoms with van der Waals surface area (Å²) in [7, 11) is -3.19. The molecule has 158 valence electrons. The monoisotopic (exact) mass is 504 g/mol. The summed E-state index contributed by atoms with van der Waals surface area (Å²) >= 11 is 19.6. The maximum atomic E-state index is 12.5. The number of carbonyl (C=O) groups excluding carboxylic acids is 1. The Bertz CT molecular complexity index is 1120. The van der Waals surface area contributed by atoms with Crippen LogP contribution >= 0.6 is 46.6 Å². The molecule has 2 aromatic rings. The maximum Gasteiger partial charge on any atom is 0.285 e. The highest BCUT2D eigenvalue weighted by Gasteiger charge is 2.49. The van der Waals surface area contributed by atoms with E-state index < -0.39 is 15.7 Å². The van der Waals surface area contributed by atoms with Gasteiger partial charge in [0.05, 0.1) is 28.3 Å². The lowest BCUT2D eigenvalue weighted by Gasteiger charge is -2.25. The van der Waals surface area contributed by atoms with Crippen molar-refractivity contribution in [2.75, 3.05) is 23.0 Å². The Morgan fingerprint density at radius 2 is 1.80 bits per heavy atom. The Kier molecular flexibility index (Phi) is 6.23. The Labute approximate surface area is 193 Å². The Hall–Kier alpha value is -1.45. The first kappa shape index (κ1) is 21.8. The van der Waals surface area contributed by atoms with Gasteiger partial charge >= 0.3 is 0 Å². The van der Waals surface area contributed by atoms with Crippen molar-refractivity contribution < 1.29 is 17.9 Å². The highest BCUT2D eigenvalue weighted by molar-refractivity contribution is 8.16. The molecule has 0 N–H and O–H groups in total. The second kappa shape index (κ2) is 8.59. The quantitative estimate of drug-likeness (QED) is 0.616. The van der Waals surface area contributed by atoms with Gasteiger partial charge in [0.25, 0.3) is 5.91 Å². The van der Waals surface area contributed by atoms with Gasteiger partial charge < -0.3 is 9.64 Å². The molecule has 30 heavy (non-hydrogen) atoms. The fraction of sp³-hybridized carbons (Fsp3) is 0.263. The van der Waals surface area contributed by atoms with Crippen LogP contribution in [0.25, 0.3) is 0 Å². The van der Waals surface area contributed by atoms with Crippen molar-refractivity contribution in [1.29, 1.82) is 0 Å². The van der Waals surface area contributed by atoms with Gasteiger partial charge in [0, 0.05) is 15.3 Å². The van der Waals surface area contributed by atoms with Crippen LogP contribution < -0.4 is 9.64 Å². The SMILES string of the molecule is O=C(COc1ccc(Cl)cc1)N=C1S[C@H]2CS(=O)(=O)C[C@@H]2N1c1cc(Cl)ccc1Cl. The normalized spacial score (nSPS) is 23.6. The van der Waals surface area contributed by atoms with Gasteiger partial charge in [-0.15, -0.1) is 0 Å². The number of rotatable bonds is 4. The van der Waals surface area contributed by atoms with Crippen LogP contribution in [0.1, 0.15) is 0 Å². The molecule has 0 spiro atoms. The number of carbonyl (C=O) groups is 1. The van der Waals surface area contributed by atoms with E-state index in [1.165, 1.54) is 11.8 Å². The van der Waals surface area contributed by atoms with Crippen molar-refractivity contribution in [2.24, 2.45) is 4.99 Å². The van der Waals surface area contributed by atoms with E-state index in [9.17, 15) is 13.2 Å². The van der Waals surface area contributed by atoms with Gasteiger partial charge in [-0.3, -0.25) is 4.79 Å². The zero-order chi connectivity index (χ0) is 21.5. The molecule has 0 unspecified atom stereocenters. The first-order chi connectivity index (χ1) is 14.2. The third-order valence-electron chi connectivity index (χ3n) is 4.63. The van der Waals surface area contributed by atoms with Gasteiger partial charge in [-0.1, -0.05) is 46.6 Å². The van der Waals surface area contributed by atoms with Crippen LogP contribution in [-0.4, -0.2) is 48.9 Å². The number of hydrogen-bond acceptors (Lipinski definition) is 5. The van der Waals surface area contributed by atoms with E-state index in [0.717, 1.165) is 0 Å². The van der Waals surface area contributed by atoms with E-state index in [1.54, 1.807) is 47.4 Å². The summed E-state index contributed by atoms with van der Waals surface area (Å²) in [6.07, 6.45) is 0. The minimum Gasteiger partial charge on any atom is -0.484 e. The number of sulfone groups is 1. The van der Waals surface area contributed by atoms with E-state index in [1.807, 2.05) is 0 Å². The van der Waals surface area contributed by atoms with Gasteiger partial charge in [-0.25, -0.2) is 8.42 Å². The molecule has 2 aliphatic rings. The largest absolute Gasteiger partial charge is 0.484 e. The minimum absolute atomic E-state index is 0.0193. The number of nitrogens with zero attached hydrogens (tertiary/aromatic N) is 2. The second-order valence-electron chi connectivity index (χ2n) is 6.80. The molecule has 0 aromatic heterocycles. The Morgan fingerprint density at radius 3 is 2.53 bits per heavy atom. The third kappa shape index (κ3) is 4.73. The van der Waals surface area contributed by atoms with Gasteiger partial charge in [0.2, 0.25) is 0 Å². The fourth-order valence-electron chi connectivity index (χ4n) is 3.33. The van der Waals surface area contributed by atoms with Crippen LogP contribution in [0.15, 0.2) is 47.5 Å². The molecule has 2 heterocycles. The van der Waals surface area contributed by atoms with E-state index in [-0.39, 0.29) is 29.4 Å². The Balaban J connectivity index is 1.59. The summed E-state index contributed by atoms with van der Waals surface area (Å²) in [5.41, 5.74) is 0.520. The molecule has 0 bridgehead atoms. The number of aliphatic imine (C=N–C) groups is 1. The fourth-order valence-corrected chi connectivity index (χ4v) is 7.76. The average Bonchev–Trinajstić information content (AvgIpc) is 3.14. The van der Waals surface area contributed by atoms with Crippen LogP contribution in [0.5, 0.6) is 5.75 Å². The average molecular weight is 506 g/mol. The molecule has 0 aliphatic carbocycles. The van der Waals surface area contributed by atoms with Crippen molar-refractivity contribution in [3.05, 3.63) is 57.5 Å². The number of halogens is 3. The van der Waals surface area contributed by atoms with Crippen molar-refractivity contribution in [3.63, 3.8) is 0 Å². The minimum atomic E-state index is -3.19. The molecule has 4 rings (SSSR count). The molecule has 2 aliphatic heterocycles. The zero-order valence-corrected chi connectivity index (χ0v) is 19.2. The first-order valence-corrected chi connectivity index (χ1v) is 12.7. The standard InChI is InChI=1S/C19H15Cl3N2O4S2/c20-11-1-4-13(5-2-11)28-8-18(25)23-19-24(15-7-12(21)3-6-14(15)22)16-9-30(26,27)10-17(16)29-19/h1-7,16-17H,8-10H2/t16-,17-/m0/s1. The molecule has 6 nitrogen and oxygen atoms in total. The summed E-state index contributed by atoms with van der Waals surface area (Å²) in [4.78, 5) is 18.3. The number of benzene rings is 2. The summed E-state index contributed by atoms with van der Waals surface area (Å²) in [5, 5.41) is 1.54. The zero-order valence-electron chi connectivity index (χ0n) is 15.3. The van der Waals surface area contributed by atoms with Crippen LogP contribution in [0.3, 0.4) is 0 Å². The van der Waals surface area contributed by atoms with Crippen molar-refractivity contribution in [1.82, 2.24) is 0 Å². The maximum absolute atomic E-state index is 12.5. The van der Waals surface area contributed by atoms with Gasteiger partial charge in [-0.2, -0.15) is 4.99 Å². The van der Waals surface area contributed by atoms with E-state index in [2.05, 4.69) is 4.99 Å². The lowest BCUT2D eigenvalue weighted by Crippen LogP contribution is -2.38. The molecule has 2 aromatic carbocycles. The van der Waals surface area contributed by atoms with E-state index in [0.29, 0.717) is 31.7 Å². The molecule has 0 saturated carbocycles. The van der Waals surface area contributed by atoms with Crippen molar-refractivity contribution in [3.8, 4) is 5.75 Å². The molecule has 2 saturated heterocycles. The smallest absolute Gasteiger partial charge is 0.285 e. The number of anilines is 1. The van der Waals surface area contributed by atoms with Gasteiger partial charge in [0.15, 0.2) is 21.6 Å². The first-order valence-electron chi connectivity index (χ1n) is 8.83. The number of amidine groups is 1. The lowest BCUT2D eigenvalue weighted by molar-refractivity contribution is -0.119. The molecule has 0 radical (unpaired) electrons. The Morgan fingerprint density at radius 1 is 1.10 bits per heavy atom. The van der Waals surface area contributed by atoms with Crippen molar-refractivity contribution in [2.45, 2.75) is 11.3 Å². The second-order valence-corrected chi connectivity index (χ2v) is 11.4.